The summed E-state index contributed by atoms with van der Waals surface area (Å²) in [4.78, 5) is 38.3. The van der Waals surface area contributed by atoms with Crippen LogP contribution in [-0.4, -0.2) is 37.2 Å². The summed E-state index contributed by atoms with van der Waals surface area (Å²) < 4.78 is 16.9. The first-order chi connectivity index (χ1) is 39.5. The molecule has 0 bridgehead atoms. The van der Waals surface area contributed by atoms with Crippen molar-refractivity contribution in [2.24, 2.45) is 0 Å². The van der Waals surface area contributed by atoms with Gasteiger partial charge in [-0.3, -0.25) is 14.4 Å². The molecule has 0 N–H and O–H groups in total. The van der Waals surface area contributed by atoms with Crippen molar-refractivity contribution in [3.8, 4) is 0 Å². The lowest BCUT2D eigenvalue weighted by atomic mass is 10.0. The summed E-state index contributed by atoms with van der Waals surface area (Å²) in [6.45, 7) is 6.69. The van der Waals surface area contributed by atoms with Crippen LogP contribution in [0.1, 0.15) is 412 Å². The van der Waals surface area contributed by atoms with Gasteiger partial charge in [0.2, 0.25) is 0 Å². The second kappa shape index (κ2) is 69.4. The van der Waals surface area contributed by atoms with E-state index in [1.54, 1.807) is 0 Å². The lowest BCUT2D eigenvalue weighted by Gasteiger charge is -2.18. The smallest absolute Gasteiger partial charge is 0.306 e. The molecular weight excluding hydrogens is 985 g/mol. The van der Waals surface area contributed by atoms with Gasteiger partial charge in [0.1, 0.15) is 13.2 Å². The van der Waals surface area contributed by atoms with E-state index in [0.29, 0.717) is 19.3 Å². The van der Waals surface area contributed by atoms with Crippen LogP contribution >= 0.6 is 0 Å². The van der Waals surface area contributed by atoms with Crippen molar-refractivity contribution in [3.05, 3.63) is 24.3 Å². The molecule has 6 heteroatoms. The van der Waals surface area contributed by atoms with E-state index in [-0.39, 0.29) is 31.1 Å². The molecule has 0 aliphatic rings. The number of ether oxygens (including phenoxy) is 3. The van der Waals surface area contributed by atoms with Gasteiger partial charge in [-0.25, -0.2) is 0 Å². The molecule has 80 heavy (non-hydrogen) atoms. The summed E-state index contributed by atoms with van der Waals surface area (Å²) in [6.07, 6.45) is 85.2. The summed E-state index contributed by atoms with van der Waals surface area (Å²) in [5.74, 6) is -0.841. The van der Waals surface area contributed by atoms with Gasteiger partial charge in [0.05, 0.1) is 0 Å². The normalized spacial score (nSPS) is 12.1. The van der Waals surface area contributed by atoms with Crippen molar-refractivity contribution in [2.75, 3.05) is 13.2 Å². The number of allylic oxidation sites excluding steroid dienone is 4. The Morgan fingerprint density at radius 1 is 0.250 bits per heavy atom. The van der Waals surface area contributed by atoms with Crippen molar-refractivity contribution < 1.29 is 28.6 Å². The van der Waals surface area contributed by atoms with E-state index in [1.807, 2.05) is 0 Å². The molecular formula is C74H140O6. The summed E-state index contributed by atoms with van der Waals surface area (Å²) >= 11 is 0. The van der Waals surface area contributed by atoms with Crippen LogP contribution in [0.5, 0.6) is 0 Å². The quantitative estimate of drug-likeness (QED) is 0.0261. The van der Waals surface area contributed by atoms with E-state index < -0.39 is 6.10 Å². The molecule has 0 aliphatic carbocycles. The monoisotopic (exact) mass is 1130 g/mol. The number of carbonyl (C=O) groups excluding carboxylic acids is 3. The molecule has 0 aromatic carbocycles. The van der Waals surface area contributed by atoms with Crippen LogP contribution in [0.15, 0.2) is 24.3 Å². The van der Waals surface area contributed by atoms with E-state index in [2.05, 4.69) is 45.1 Å². The number of hydrogen-bond donors (Lipinski definition) is 0. The molecule has 0 fully saturated rings. The zero-order chi connectivity index (χ0) is 57.8. The Labute approximate surface area is 500 Å². The molecule has 0 radical (unpaired) electrons. The summed E-state index contributed by atoms with van der Waals surface area (Å²) in [6, 6.07) is 0. The molecule has 6 nitrogen and oxygen atoms in total. The molecule has 0 saturated heterocycles. The topological polar surface area (TPSA) is 78.9 Å². The number of hydrogen-bond acceptors (Lipinski definition) is 6. The van der Waals surface area contributed by atoms with Crippen LogP contribution in [0, 0.1) is 0 Å². The highest BCUT2D eigenvalue weighted by Crippen LogP contribution is 2.19. The van der Waals surface area contributed by atoms with Crippen molar-refractivity contribution in [1.29, 1.82) is 0 Å². The maximum atomic E-state index is 12.9. The Bertz CT molecular complexity index is 1290. The predicted molar refractivity (Wildman–Crippen MR) is 349 cm³/mol. The third kappa shape index (κ3) is 66.7. The van der Waals surface area contributed by atoms with Crippen LogP contribution in [0.4, 0.5) is 0 Å². The van der Waals surface area contributed by atoms with Gasteiger partial charge in [0.15, 0.2) is 6.10 Å². The maximum Gasteiger partial charge on any atom is 0.306 e. The minimum absolute atomic E-state index is 0.0657. The fourth-order valence-electron chi connectivity index (χ4n) is 11.2. The summed E-state index contributed by atoms with van der Waals surface area (Å²) in [5.41, 5.74) is 0. The van der Waals surface area contributed by atoms with Gasteiger partial charge in [0.25, 0.3) is 0 Å². The van der Waals surface area contributed by atoms with E-state index in [0.717, 1.165) is 64.2 Å². The standard InChI is InChI=1S/C74H140O6/c1-4-7-10-13-16-19-21-23-25-27-29-31-33-34-35-36-37-38-39-41-42-44-46-48-50-52-55-58-61-64-67-73(76)79-70-71(69-78-72(75)66-63-60-57-54-18-15-12-9-6-3)80-74(77)68-65-62-59-56-53-51-49-47-45-43-40-32-30-28-26-24-22-20-17-14-11-8-5-2/h22,24,28,30,71H,4-21,23,25-27,29,31-70H2,1-3H3/b24-22-,30-28-. The Kier molecular flexibility index (Phi) is 67.6. The highest BCUT2D eigenvalue weighted by molar-refractivity contribution is 5.71. The fraction of sp³-hybridized carbons (Fsp3) is 0.905. The summed E-state index contributed by atoms with van der Waals surface area (Å²) in [7, 11) is 0. The second-order valence-corrected chi connectivity index (χ2v) is 24.9. The molecule has 1 atom stereocenters. The molecule has 0 amide bonds. The van der Waals surface area contributed by atoms with Gasteiger partial charge in [0, 0.05) is 19.3 Å². The third-order valence-electron chi connectivity index (χ3n) is 16.7. The zero-order valence-electron chi connectivity index (χ0n) is 54.4. The Hall–Kier alpha value is -2.11. The number of carbonyl (C=O) groups is 3. The van der Waals surface area contributed by atoms with E-state index >= 15 is 0 Å². The fourth-order valence-corrected chi connectivity index (χ4v) is 11.2. The molecule has 0 rings (SSSR count). The van der Waals surface area contributed by atoms with Crippen LogP contribution < -0.4 is 0 Å². The third-order valence-corrected chi connectivity index (χ3v) is 16.7. The first kappa shape index (κ1) is 77.9. The van der Waals surface area contributed by atoms with Gasteiger partial charge >= 0.3 is 17.9 Å². The van der Waals surface area contributed by atoms with Crippen LogP contribution in [-0.2, 0) is 28.6 Å². The van der Waals surface area contributed by atoms with Crippen molar-refractivity contribution >= 4 is 17.9 Å². The molecule has 0 aromatic heterocycles. The molecule has 0 heterocycles. The van der Waals surface area contributed by atoms with Gasteiger partial charge in [-0.2, -0.15) is 0 Å². The van der Waals surface area contributed by atoms with Gasteiger partial charge in [-0.15, -0.1) is 0 Å². The van der Waals surface area contributed by atoms with Crippen LogP contribution in [0.25, 0.3) is 0 Å². The molecule has 0 saturated carbocycles. The second-order valence-electron chi connectivity index (χ2n) is 24.9. The summed E-state index contributed by atoms with van der Waals surface area (Å²) in [5, 5.41) is 0. The minimum atomic E-state index is -0.768. The van der Waals surface area contributed by atoms with Crippen LogP contribution in [0.3, 0.4) is 0 Å². The predicted octanol–water partition coefficient (Wildman–Crippen LogP) is 25.0. The van der Waals surface area contributed by atoms with Gasteiger partial charge < -0.3 is 14.2 Å². The maximum absolute atomic E-state index is 12.9. The molecule has 472 valence electrons. The lowest BCUT2D eigenvalue weighted by molar-refractivity contribution is -0.167. The average Bonchev–Trinajstić information content (AvgIpc) is 3.46. The highest BCUT2D eigenvalue weighted by atomic mass is 16.6. The first-order valence-electron chi connectivity index (χ1n) is 36.3. The van der Waals surface area contributed by atoms with Crippen molar-refractivity contribution in [3.63, 3.8) is 0 Å². The average molecular weight is 1130 g/mol. The first-order valence-corrected chi connectivity index (χ1v) is 36.3. The molecule has 0 aromatic rings. The minimum Gasteiger partial charge on any atom is -0.462 e. The highest BCUT2D eigenvalue weighted by Gasteiger charge is 2.19. The van der Waals surface area contributed by atoms with Crippen molar-refractivity contribution in [2.45, 2.75) is 419 Å². The van der Waals surface area contributed by atoms with E-state index in [9.17, 15) is 14.4 Å². The number of rotatable bonds is 68. The van der Waals surface area contributed by atoms with Crippen LogP contribution in [0.2, 0.25) is 0 Å². The molecule has 1 unspecified atom stereocenters. The van der Waals surface area contributed by atoms with Gasteiger partial charge in [-0.05, 0) is 51.4 Å². The Morgan fingerprint density at radius 2 is 0.450 bits per heavy atom. The Balaban J connectivity index is 4.06. The SMILES string of the molecule is CCCCCCC/C=C\C/C=C\CCCCCCCCCCCCCC(=O)OC(COC(=O)CCCCCCCCCCC)COC(=O)CCCCCCCCCCCCCCCCCCCCCCCCCCCCCCCC. The Morgan fingerprint density at radius 3 is 0.688 bits per heavy atom. The number of unbranched alkanes of at least 4 members (excludes halogenated alkanes) is 53. The van der Waals surface area contributed by atoms with E-state index in [1.165, 1.54) is 308 Å². The van der Waals surface area contributed by atoms with Gasteiger partial charge in [-0.1, -0.05) is 366 Å². The zero-order valence-corrected chi connectivity index (χ0v) is 54.4. The lowest BCUT2D eigenvalue weighted by Crippen LogP contribution is -2.30. The van der Waals surface area contributed by atoms with E-state index in [4.69, 9.17) is 14.2 Å². The molecule has 0 aliphatic heterocycles. The number of esters is 3. The largest absolute Gasteiger partial charge is 0.462 e. The molecule has 0 spiro atoms. The van der Waals surface area contributed by atoms with Crippen molar-refractivity contribution in [1.82, 2.24) is 0 Å².